The predicted molar refractivity (Wildman–Crippen MR) is 72.0 cm³/mol. The quantitative estimate of drug-likeness (QED) is 0.879. The zero-order valence-corrected chi connectivity index (χ0v) is 11.3. The van der Waals surface area contributed by atoms with Crippen molar-refractivity contribution in [3.05, 3.63) is 34.6 Å². The highest BCUT2D eigenvalue weighted by molar-refractivity contribution is 6.33. The fraction of sp³-hybridized carbons (Fsp3) is 0.417. The molecule has 2 rings (SSSR count). The minimum absolute atomic E-state index is 0. The third kappa shape index (κ3) is 3.83. The van der Waals surface area contributed by atoms with Crippen LogP contribution in [0.25, 0.3) is 0 Å². The first kappa shape index (κ1) is 15.2. The maximum Gasteiger partial charge on any atom is 0.253 e. The van der Waals surface area contributed by atoms with E-state index in [1.54, 1.807) is 0 Å². The van der Waals surface area contributed by atoms with E-state index in [4.69, 9.17) is 11.6 Å². The van der Waals surface area contributed by atoms with Gasteiger partial charge in [0.1, 0.15) is 5.82 Å². The molecule has 1 heterocycles. The molecule has 1 aromatic rings. The van der Waals surface area contributed by atoms with E-state index < -0.39 is 5.82 Å². The second-order valence-corrected chi connectivity index (χ2v) is 4.55. The Kier molecular flexibility index (Phi) is 5.85. The maximum atomic E-state index is 12.8. The van der Waals surface area contributed by atoms with Gasteiger partial charge in [-0.25, -0.2) is 4.39 Å². The van der Waals surface area contributed by atoms with Gasteiger partial charge in [0.2, 0.25) is 0 Å². The highest BCUT2D eigenvalue weighted by Crippen LogP contribution is 2.17. The average molecular weight is 293 g/mol. The molecule has 1 atom stereocenters. The van der Waals surface area contributed by atoms with E-state index >= 15 is 0 Å². The van der Waals surface area contributed by atoms with Gasteiger partial charge in [-0.2, -0.15) is 0 Å². The summed E-state index contributed by atoms with van der Waals surface area (Å²) in [7, 11) is 0. The Morgan fingerprint density at radius 3 is 2.89 bits per heavy atom. The van der Waals surface area contributed by atoms with Crippen molar-refractivity contribution in [2.45, 2.75) is 18.9 Å². The average Bonchev–Trinajstić information content (AvgIpc) is 2.30. The molecule has 6 heteroatoms. The van der Waals surface area contributed by atoms with Crippen molar-refractivity contribution in [2.24, 2.45) is 0 Å². The van der Waals surface area contributed by atoms with Gasteiger partial charge in [0.25, 0.3) is 5.91 Å². The molecule has 0 saturated carbocycles. The first-order valence-corrected chi connectivity index (χ1v) is 6.01. The Bertz CT molecular complexity index is 423. The van der Waals surface area contributed by atoms with Gasteiger partial charge in [0.05, 0.1) is 10.6 Å². The maximum absolute atomic E-state index is 12.8. The Morgan fingerprint density at radius 2 is 2.28 bits per heavy atom. The lowest BCUT2D eigenvalue weighted by atomic mass is 10.1. The number of hydrogen-bond donors (Lipinski definition) is 2. The van der Waals surface area contributed by atoms with E-state index in [2.05, 4.69) is 10.6 Å². The lowest BCUT2D eigenvalue weighted by molar-refractivity contribution is 0.0931. The van der Waals surface area contributed by atoms with Crippen molar-refractivity contribution >= 4 is 29.9 Å². The second kappa shape index (κ2) is 6.92. The van der Waals surface area contributed by atoms with Crippen LogP contribution in [0.2, 0.25) is 5.02 Å². The molecular formula is C12H15Cl2FN2O. The number of amides is 1. The lowest BCUT2D eigenvalue weighted by Gasteiger charge is -2.23. The summed E-state index contributed by atoms with van der Waals surface area (Å²) in [6.07, 6.45) is 2.00. The number of benzene rings is 1. The third-order valence-electron chi connectivity index (χ3n) is 2.81. The van der Waals surface area contributed by atoms with Crippen molar-refractivity contribution in [3.8, 4) is 0 Å². The molecule has 0 aliphatic carbocycles. The van der Waals surface area contributed by atoms with Crippen LogP contribution in [0.15, 0.2) is 18.2 Å². The molecule has 0 aromatic heterocycles. The summed E-state index contributed by atoms with van der Waals surface area (Å²) in [6, 6.07) is 3.91. The zero-order chi connectivity index (χ0) is 12.3. The Balaban J connectivity index is 0.00000162. The Morgan fingerprint density at radius 1 is 1.50 bits per heavy atom. The van der Waals surface area contributed by atoms with Crippen LogP contribution in [-0.4, -0.2) is 25.0 Å². The van der Waals surface area contributed by atoms with Gasteiger partial charge in [0.15, 0.2) is 0 Å². The van der Waals surface area contributed by atoms with E-state index in [0.29, 0.717) is 5.56 Å². The van der Waals surface area contributed by atoms with Crippen LogP contribution in [0, 0.1) is 5.82 Å². The van der Waals surface area contributed by atoms with Gasteiger partial charge in [0, 0.05) is 12.6 Å². The SMILES string of the molecule is Cl.O=C(N[C@@H]1CCCNC1)c1ccc(F)cc1Cl. The van der Waals surface area contributed by atoms with E-state index in [1.807, 2.05) is 0 Å². The number of hydrogen-bond acceptors (Lipinski definition) is 2. The van der Waals surface area contributed by atoms with Crippen LogP contribution < -0.4 is 10.6 Å². The normalized spacial score (nSPS) is 18.9. The molecule has 2 N–H and O–H groups in total. The third-order valence-corrected chi connectivity index (χ3v) is 3.12. The molecule has 18 heavy (non-hydrogen) atoms. The smallest absolute Gasteiger partial charge is 0.253 e. The molecule has 1 aliphatic heterocycles. The zero-order valence-electron chi connectivity index (χ0n) is 9.71. The second-order valence-electron chi connectivity index (χ2n) is 4.14. The largest absolute Gasteiger partial charge is 0.348 e. The minimum atomic E-state index is -0.439. The Labute approximate surface area is 116 Å². The molecule has 0 unspecified atom stereocenters. The molecule has 0 spiro atoms. The summed E-state index contributed by atoms with van der Waals surface area (Å²) in [4.78, 5) is 11.9. The standard InChI is InChI=1S/C12H14ClFN2O.ClH/c13-11-6-8(14)3-4-10(11)12(17)16-9-2-1-5-15-7-9;/h3-4,6,9,15H,1-2,5,7H2,(H,16,17);1H/t9-;/m1./s1. The van der Waals surface area contributed by atoms with Crippen LogP contribution in [0.3, 0.4) is 0 Å². The number of piperidine rings is 1. The van der Waals surface area contributed by atoms with E-state index in [9.17, 15) is 9.18 Å². The fourth-order valence-corrected chi connectivity index (χ4v) is 2.16. The van der Waals surface area contributed by atoms with Crippen LogP contribution in [0.1, 0.15) is 23.2 Å². The number of nitrogens with one attached hydrogen (secondary N) is 2. The lowest BCUT2D eigenvalue weighted by Crippen LogP contribution is -2.45. The van der Waals surface area contributed by atoms with Crippen LogP contribution in [0.4, 0.5) is 4.39 Å². The Hall–Kier alpha value is -0.840. The van der Waals surface area contributed by atoms with Gasteiger partial charge in [-0.15, -0.1) is 12.4 Å². The summed E-state index contributed by atoms with van der Waals surface area (Å²) in [5.41, 5.74) is 0.318. The highest BCUT2D eigenvalue weighted by atomic mass is 35.5. The first-order valence-electron chi connectivity index (χ1n) is 5.63. The molecule has 1 saturated heterocycles. The van der Waals surface area contributed by atoms with E-state index in [0.717, 1.165) is 32.0 Å². The number of carbonyl (C=O) groups excluding carboxylic acids is 1. The molecule has 1 aliphatic rings. The summed E-state index contributed by atoms with van der Waals surface area (Å²) < 4.78 is 12.8. The molecule has 0 bridgehead atoms. The van der Waals surface area contributed by atoms with Gasteiger partial charge < -0.3 is 10.6 Å². The van der Waals surface area contributed by atoms with Crippen LogP contribution in [0.5, 0.6) is 0 Å². The highest BCUT2D eigenvalue weighted by Gasteiger charge is 2.18. The summed E-state index contributed by atoms with van der Waals surface area (Å²) in [5, 5.41) is 6.24. The predicted octanol–water partition coefficient (Wildman–Crippen LogP) is 2.38. The van der Waals surface area contributed by atoms with Crippen molar-refractivity contribution < 1.29 is 9.18 Å². The van der Waals surface area contributed by atoms with Crippen molar-refractivity contribution in [1.29, 1.82) is 0 Å². The number of halogens is 3. The number of rotatable bonds is 2. The molecule has 3 nitrogen and oxygen atoms in total. The van der Waals surface area contributed by atoms with Gasteiger partial charge in [-0.1, -0.05) is 11.6 Å². The van der Waals surface area contributed by atoms with Crippen molar-refractivity contribution in [2.75, 3.05) is 13.1 Å². The molecular weight excluding hydrogens is 278 g/mol. The van der Waals surface area contributed by atoms with Crippen LogP contribution >= 0.6 is 24.0 Å². The van der Waals surface area contributed by atoms with Crippen molar-refractivity contribution in [1.82, 2.24) is 10.6 Å². The molecule has 100 valence electrons. The summed E-state index contributed by atoms with van der Waals surface area (Å²) in [5.74, 6) is -0.686. The van der Waals surface area contributed by atoms with Crippen LogP contribution in [-0.2, 0) is 0 Å². The van der Waals surface area contributed by atoms with Gasteiger partial charge in [-0.3, -0.25) is 4.79 Å². The first-order chi connectivity index (χ1) is 8.16. The van der Waals surface area contributed by atoms with E-state index in [-0.39, 0.29) is 29.4 Å². The molecule has 1 fully saturated rings. The molecule has 0 radical (unpaired) electrons. The van der Waals surface area contributed by atoms with E-state index in [1.165, 1.54) is 12.1 Å². The van der Waals surface area contributed by atoms with Crippen molar-refractivity contribution in [3.63, 3.8) is 0 Å². The minimum Gasteiger partial charge on any atom is -0.348 e. The topological polar surface area (TPSA) is 41.1 Å². The summed E-state index contributed by atoms with van der Waals surface area (Å²) >= 11 is 5.83. The van der Waals surface area contributed by atoms with Gasteiger partial charge >= 0.3 is 0 Å². The van der Waals surface area contributed by atoms with Gasteiger partial charge in [-0.05, 0) is 37.6 Å². The fourth-order valence-electron chi connectivity index (χ4n) is 1.91. The summed E-state index contributed by atoms with van der Waals surface area (Å²) in [6.45, 7) is 1.76. The molecule has 1 aromatic carbocycles. The monoisotopic (exact) mass is 292 g/mol. The molecule has 1 amide bonds. The number of carbonyl (C=O) groups is 1.